The second-order valence-corrected chi connectivity index (χ2v) is 5.14. The van der Waals surface area contributed by atoms with Gasteiger partial charge >= 0.3 is 0 Å². The van der Waals surface area contributed by atoms with Crippen LogP contribution >= 0.6 is 0 Å². The Kier molecular flexibility index (Phi) is 6.62. The van der Waals surface area contributed by atoms with Gasteiger partial charge < -0.3 is 15.7 Å². The first-order chi connectivity index (χ1) is 9.93. The molecule has 5 heteroatoms. The molecule has 0 heterocycles. The third-order valence-corrected chi connectivity index (χ3v) is 3.00. The molecular weight excluding hydrogens is 268 g/mol. The zero-order valence-corrected chi connectivity index (χ0v) is 12.4. The van der Waals surface area contributed by atoms with E-state index in [0.29, 0.717) is 17.8 Å². The lowest BCUT2D eigenvalue weighted by Crippen LogP contribution is -2.24. The number of aliphatic hydroxyl groups is 1. The largest absolute Gasteiger partial charge is 0.392 e. The van der Waals surface area contributed by atoms with E-state index in [0.717, 1.165) is 0 Å². The predicted octanol–water partition coefficient (Wildman–Crippen LogP) is 1.95. The number of carbonyl (C=O) groups is 2. The van der Waals surface area contributed by atoms with Crippen molar-refractivity contribution in [2.75, 3.05) is 11.9 Å². The summed E-state index contributed by atoms with van der Waals surface area (Å²) in [4.78, 5) is 23.4. The molecule has 0 aliphatic carbocycles. The molecule has 3 N–H and O–H groups in total. The molecule has 114 valence electrons. The highest BCUT2D eigenvalue weighted by molar-refractivity contribution is 5.95. The summed E-state index contributed by atoms with van der Waals surface area (Å²) in [6.45, 7) is 7.64. The molecule has 0 saturated heterocycles. The number of aliphatic hydroxyl groups excluding tert-OH is 1. The Balaban J connectivity index is 2.56. The lowest BCUT2D eigenvalue weighted by atomic mass is 10.0. The van der Waals surface area contributed by atoms with Crippen molar-refractivity contribution < 1.29 is 14.7 Å². The van der Waals surface area contributed by atoms with Gasteiger partial charge in [-0.15, -0.1) is 6.58 Å². The van der Waals surface area contributed by atoms with Crippen molar-refractivity contribution in [2.24, 2.45) is 5.92 Å². The Labute approximate surface area is 125 Å². The maximum atomic E-state index is 11.7. The summed E-state index contributed by atoms with van der Waals surface area (Å²) in [5, 5.41) is 15.0. The van der Waals surface area contributed by atoms with E-state index in [2.05, 4.69) is 17.2 Å². The monoisotopic (exact) mass is 290 g/mol. The molecule has 0 aliphatic heterocycles. The minimum atomic E-state index is -0.658. The van der Waals surface area contributed by atoms with Crippen LogP contribution in [-0.4, -0.2) is 29.6 Å². The molecular formula is C16H22N2O3. The van der Waals surface area contributed by atoms with Gasteiger partial charge in [0.1, 0.15) is 0 Å². The van der Waals surface area contributed by atoms with Crippen molar-refractivity contribution in [3.05, 3.63) is 42.5 Å². The minimum Gasteiger partial charge on any atom is -0.392 e. The zero-order valence-electron chi connectivity index (χ0n) is 12.4. The van der Waals surface area contributed by atoms with Crippen LogP contribution in [0.25, 0.3) is 0 Å². The second kappa shape index (κ2) is 8.21. The van der Waals surface area contributed by atoms with Crippen LogP contribution in [0.5, 0.6) is 0 Å². The Bertz CT molecular complexity index is 495. The van der Waals surface area contributed by atoms with Gasteiger partial charge in [0.25, 0.3) is 5.91 Å². The van der Waals surface area contributed by atoms with Gasteiger partial charge in [-0.3, -0.25) is 9.59 Å². The highest BCUT2D eigenvalue weighted by atomic mass is 16.3. The van der Waals surface area contributed by atoms with E-state index < -0.39 is 6.10 Å². The Morgan fingerprint density at radius 2 is 1.90 bits per heavy atom. The summed E-state index contributed by atoms with van der Waals surface area (Å²) in [7, 11) is 0. The molecule has 0 radical (unpaired) electrons. The molecule has 1 unspecified atom stereocenters. The molecule has 2 amide bonds. The topological polar surface area (TPSA) is 78.4 Å². The highest BCUT2D eigenvalue weighted by Crippen LogP contribution is 2.12. The number of hydrogen-bond donors (Lipinski definition) is 3. The van der Waals surface area contributed by atoms with Crippen LogP contribution in [0.4, 0.5) is 5.69 Å². The third kappa shape index (κ3) is 5.79. The van der Waals surface area contributed by atoms with E-state index in [1.807, 2.05) is 13.8 Å². The summed E-state index contributed by atoms with van der Waals surface area (Å²) in [6.07, 6.45) is 1.00. The fraction of sp³-hybridized carbons (Fsp3) is 0.375. The summed E-state index contributed by atoms with van der Waals surface area (Å²) >= 11 is 0. The molecule has 0 spiro atoms. The summed E-state index contributed by atoms with van der Waals surface area (Å²) in [5.41, 5.74) is 1.10. The highest BCUT2D eigenvalue weighted by Gasteiger charge is 2.14. The van der Waals surface area contributed by atoms with E-state index in [9.17, 15) is 14.7 Å². The van der Waals surface area contributed by atoms with Crippen LogP contribution in [0.1, 0.15) is 30.6 Å². The van der Waals surface area contributed by atoms with Gasteiger partial charge in [0.15, 0.2) is 0 Å². The summed E-state index contributed by atoms with van der Waals surface area (Å²) in [5.74, 6) is -0.408. The molecule has 1 atom stereocenters. The number of hydrogen-bond acceptors (Lipinski definition) is 3. The standard InChI is InChI=1S/C16H22N2O3/c1-4-9-17-16(21)12-5-7-13(8-6-12)18-15(20)10-14(19)11(2)3/h4-8,11,14,19H,1,9-10H2,2-3H3,(H,17,21)(H,18,20). The van der Waals surface area contributed by atoms with Gasteiger partial charge in [0.2, 0.25) is 5.91 Å². The van der Waals surface area contributed by atoms with Gasteiger partial charge in [-0.05, 0) is 30.2 Å². The first kappa shape index (κ1) is 16.9. The molecule has 0 saturated carbocycles. The average molecular weight is 290 g/mol. The molecule has 0 aromatic heterocycles. The van der Waals surface area contributed by atoms with E-state index in [4.69, 9.17) is 0 Å². The van der Waals surface area contributed by atoms with Crippen molar-refractivity contribution in [1.82, 2.24) is 5.32 Å². The third-order valence-electron chi connectivity index (χ3n) is 3.00. The SMILES string of the molecule is C=CCNC(=O)c1ccc(NC(=O)CC(O)C(C)C)cc1. The fourth-order valence-corrected chi connectivity index (χ4v) is 1.61. The normalized spacial score (nSPS) is 11.8. The Morgan fingerprint density at radius 3 is 2.43 bits per heavy atom. The summed E-state index contributed by atoms with van der Waals surface area (Å²) < 4.78 is 0. The van der Waals surface area contributed by atoms with Crippen molar-refractivity contribution in [1.29, 1.82) is 0 Å². The van der Waals surface area contributed by atoms with Crippen molar-refractivity contribution in [2.45, 2.75) is 26.4 Å². The van der Waals surface area contributed by atoms with Crippen molar-refractivity contribution >= 4 is 17.5 Å². The fourth-order valence-electron chi connectivity index (χ4n) is 1.61. The lowest BCUT2D eigenvalue weighted by Gasteiger charge is -2.14. The van der Waals surface area contributed by atoms with E-state index in [-0.39, 0.29) is 24.2 Å². The minimum absolute atomic E-state index is 0.0340. The number of amides is 2. The molecule has 21 heavy (non-hydrogen) atoms. The van der Waals surface area contributed by atoms with Gasteiger partial charge in [-0.25, -0.2) is 0 Å². The quantitative estimate of drug-likeness (QED) is 0.672. The van der Waals surface area contributed by atoms with Gasteiger partial charge in [0, 0.05) is 17.8 Å². The van der Waals surface area contributed by atoms with E-state index in [1.54, 1.807) is 30.3 Å². The second-order valence-electron chi connectivity index (χ2n) is 5.14. The molecule has 1 aromatic rings. The van der Waals surface area contributed by atoms with Crippen LogP contribution < -0.4 is 10.6 Å². The molecule has 5 nitrogen and oxygen atoms in total. The first-order valence-corrected chi connectivity index (χ1v) is 6.91. The molecule has 1 aromatic carbocycles. The van der Waals surface area contributed by atoms with Crippen LogP contribution in [0.15, 0.2) is 36.9 Å². The smallest absolute Gasteiger partial charge is 0.251 e. The van der Waals surface area contributed by atoms with Gasteiger partial charge in [-0.2, -0.15) is 0 Å². The van der Waals surface area contributed by atoms with Crippen molar-refractivity contribution in [3.8, 4) is 0 Å². The molecule has 0 fully saturated rings. The van der Waals surface area contributed by atoms with E-state index >= 15 is 0 Å². The van der Waals surface area contributed by atoms with Crippen LogP contribution in [0, 0.1) is 5.92 Å². The maximum Gasteiger partial charge on any atom is 0.251 e. The van der Waals surface area contributed by atoms with Crippen LogP contribution in [-0.2, 0) is 4.79 Å². The Morgan fingerprint density at radius 1 is 1.29 bits per heavy atom. The molecule has 0 bridgehead atoms. The van der Waals surface area contributed by atoms with Crippen LogP contribution in [0.3, 0.4) is 0 Å². The number of benzene rings is 1. The number of rotatable bonds is 7. The summed E-state index contributed by atoms with van der Waals surface area (Å²) in [6, 6.07) is 6.57. The average Bonchev–Trinajstić information content (AvgIpc) is 2.45. The van der Waals surface area contributed by atoms with Gasteiger partial charge in [-0.1, -0.05) is 19.9 Å². The zero-order chi connectivity index (χ0) is 15.8. The Hall–Kier alpha value is -2.14. The molecule has 1 rings (SSSR count). The number of anilines is 1. The lowest BCUT2D eigenvalue weighted by molar-refractivity contribution is -0.118. The predicted molar refractivity (Wildman–Crippen MR) is 83.1 cm³/mol. The molecule has 0 aliphatic rings. The van der Waals surface area contributed by atoms with E-state index in [1.165, 1.54) is 0 Å². The van der Waals surface area contributed by atoms with Gasteiger partial charge in [0.05, 0.1) is 12.5 Å². The first-order valence-electron chi connectivity index (χ1n) is 6.91. The maximum absolute atomic E-state index is 11.7. The number of nitrogens with one attached hydrogen (secondary N) is 2. The van der Waals surface area contributed by atoms with Crippen LogP contribution in [0.2, 0.25) is 0 Å². The van der Waals surface area contributed by atoms with Crippen molar-refractivity contribution in [3.63, 3.8) is 0 Å². The number of carbonyl (C=O) groups excluding carboxylic acids is 2.